The first kappa shape index (κ1) is 16.6. The van der Waals surface area contributed by atoms with E-state index in [1.165, 1.54) is 12.1 Å². The fourth-order valence-corrected chi connectivity index (χ4v) is 3.56. The van der Waals surface area contributed by atoms with E-state index in [4.69, 9.17) is 14.2 Å². The second-order valence-electron chi connectivity index (χ2n) is 5.34. The molecule has 0 spiro atoms. The van der Waals surface area contributed by atoms with Gasteiger partial charge < -0.3 is 14.2 Å². The van der Waals surface area contributed by atoms with Crippen LogP contribution < -0.4 is 18.9 Å². The Kier molecular flexibility index (Phi) is 4.64. The number of fused-ring (bicyclic) bond motifs is 1. The van der Waals surface area contributed by atoms with E-state index < -0.39 is 10.0 Å². The lowest BCUT2D eigenvalue weighted by Gasteiger charge is -2.11. The Balaban J connectivity index is 1.76. The molecule has 0 aromatic heterocycles. The molecule has 0 saturated carbocycles. The summed E-state index contributed by atoms with van der Waals surface area (Å²) in [6, 6.07) is 10.2. The summed E-state index contributed by atoms with van der Waals surface area (Å²) in [4.78, 5) is 0.149. The second-order valence-corrected chi connectivity index (χ2v) is 7.11. The maximum atomic E-state index is 12.5. The minimum absolute atomic E-state index is 0.109. The minimum atomic E-state index is -3.63. The van der Waals surface area contributed by atoms with Crippen molar-refractivity contribution in [3.63, 3.8) is 0 Å². The zero-order valence-corrected chi connectivity index (χ0v) is 14.4. The van der Waals surface area contributed by atoms with Crippen molar-refractivity contribution < 1.29 is 22.6 Å². The number of hydrogen-bond acceptors (Lipinski definition) is 5. The molecule has 1 aliphatic rings. The molecule has 0 fully saturated rings. The number of rotatable bonds is 6. The van der Waals surface area contributed by atoms with E-state index in [2.05, 4.69) is 4.72 Å². The first-order chi connectivity index (χ1) is 11.5. The van der Waals surface area contributed by atoms with Gasteiger partial charge in [0.1, 0.15) is 5.75 Å². The third-order valence-electron chi connectivity index (χ3n) is 3.85. The molecule has 1 aliphatic heterocycles. The summed E-state index contributed by atoms with van der Waals surface area (Å²) in [6.07, 6.45) is 0.811. The van der Waals surface area contributed by atoms with E-state index in [-0.39, 0.29) is 18.2 Å². The van der Waals surface area contributed by atoms with Gasteiger partial charge in [0.15, 0.2) is 11.5 Å². The fraction of sp³-hybridized carbons (Fsp3) is 0.294. The zero-order valence-electron chi connectivity index (χ0n) is 13.5. The highest BCUT2D eigenvalue weighted by Gasteiger charge is 2.20. The maximum absolute atomic E-state index is 12.5. The van der Waals surface area contributed by atoms with Gasteiger partial charge in [-0.2, -0.15) is 0 Å². The first-order valence-electron chi connectivity index (χ1n) is 7.58. The van der Waals surface area contributed by atoms with Gasteiger partial charge in [0.05, 0.1) is 12.0 Å². The van der Waals surface area contributed by atoms with Gasteiger partial charge in [-0.1, -0.05) is 19.1 Å². The molecule has 6 nitrogen and oxygen atoms in total. The largest absolute Gasteiger partial charge is 0.496 e. The molecule has 1 N–H and O–H groups in total. The predicted octanol–water partition coefficient (Wildman–Crippen LogP) is 2.46. The van der Waals surface area contributed by atoms with Gasteiger partial charge in [-0.3, -0.25) is 0 Å². The Hall–Kier alpha value is -2.25. The Labute approximate surface area is 141 Å². The highest BCUT2D eigenvalue weighted by atomic mass is 32.2. The third-order valence-corrected chi connectivity index (χ3v) is 5.25. The molecule has 3 rings (SSSR count). The molecule has 128 valence electrons. The van der Waals surface area contributed by atoms with Crippen molar-refractivity contribution in [1.29, 1.82) is 0 Å². The molecule has 2 aromatic rings. The molecular formula is C17H19NO5S. The molecule has 0 atom stereocenters. The van der Waals surface area contributed by atoms with Gasteiger partial charge in [-0.05, 0) is 35.7 Å². The SMILES string of the molecule is CCc1cc(CNS(=O)(=O)c2ccc3c(c2)OCO3)ccc1OC. The maximum Gasteiger partial charge on any atom is 0.241 e. The topological polar surface area (TPSA) is 73.9 Å². The van der Waals surface area contributed by atoms with Crippen LogP contribution in [0.1, 0.15) is 18.1 Å². The first-order valence-corrected chi connectivity index (χ1v) is 9.07. The number of methoxy groups -OCH3 is 1. The lowest BCUT2D eigenvalue weighted by Crippen LogP contribution is -2.23. The summed E-state index contributed by atoms with van der Waals surface area (Å²) < 4.78 is 43.2. The molecule has 2 aromatic carbocycles. The van der Waals surface area contributed by atoms with E-state index in [1.807, 2.05) is 25.1 Å². The van der Waals surface area contributed by atoms with Gasteiger partial charge in [-0.25, -0.2) is 13.1 Å². The monoisotopic (exact) mass is 349 g/mol. The summed E-state index contributed by atoms with van der Waals surface area (Å²) in [6.45, 7) is 2.34. The molecule has 7 heteroatoms. The molecular weight excluding hydrogens is 330 g/mol. The fourth-order valence-electron chi connectivity index (χ4n) is 2.52. The van der Waals surface area contributed by atoms with Crippen LogP contribution >= 0.6 is 0 Å². The smallest absolute Gasteiger partial charge is 0.241 e. The van der Waals surface area contributed by atoms with Crippen LogP contribution in [0, 0.1) is 0 Å². The third kappa shape index (κ3) is 3.32. The highest BCUT2D eigenvalue weighted by molar-refractivity contribution is 7.89. The standard InChI is InChI=1S/C17H19NO5S/c1-3-13-8-12(4-6-15(13)21-2)10-18-24(19,20)14-5-7-16-17(9-14)23-11-22-16/h4-9,18H,3,10-11H2,1-2H3. The Morgan fingerprint density at radius 1 is 1.12 bits per heavy atom. The highest BCUT2D eigenvalue weighted by Crippen LogP contribution is 2.33. The number of sulfonamides is 1. The summed E-state index contributed by atoms with van der Waals surface area (Å²) in [5.41, 5.74) is 1.91. The van der Waals surface area contributed by atoms with Crippen LogP contribution in [0.3, 0.4) is 0 Å². The van der Waals surface area contributed by atoms with Crippen molar-refractivity contribution in [2.45, 2.75) is 24.8 Å². The van der Waals surface area contributed by atoms with Crippen molar-refractivity contribution in [3.05, 3.63) is 47.5 Å². The van der Waals surface area contributed by atoms with Crippen LogP contribution in [0.4, 0.5) is 0 Å². The van der Waals surface area contributed by atoms with E-state index in [9.17, 15) is 8.42 Å². The lowest BCUT2D eigenvalue weighted by atomic mass is 10.1. The van der Waals surface area contributed by atoms with E-state index in [0.29, 0.717) is 11.5 Å². The number of hydrogen-bond donors (Lipinski definition) is 1. The van der Waals surface area contributed by atoms with E-state index in [0.717, 1.165) is 23.3 Å². The van der Waals surface area contributed by atoms with Gasteiger partial charge >= 0.3 is 0 Å². The number of ether oxygens (including phenoxy) is 3. The minimum Gasteiger partial charge on any atom is -0.496 e. The van der Waals surface area contributed by atoms with Crippen LogP contribution in [0.5, 0.6) is 17.2 Å². The van der Waals surface area contributed by atoms with Crippen LogP contribution in [0.2, 0.25) is 0 Å². The molecule has 1 heterocycles. The molecule has 0 saturated heterocycles. The van der Waals surface area contributed by atoms with E-state index in [1.54, 1.807) is 13.2 Å². The molecule has 0 radical (unpaired) electrons. The molecule has 0 bridgehead atoms. The summed E-state index contributed by atoms with van der Waals surface area (Å²) in [5, 5.41) is 0. The Morgan fingerprint density at radius 2 is 1.92 bits per heavy atom. The van der Waals surface area contributed by atoms with Gasteiger partial charge in [0.2, 0.25) is 16.8 Å². The molecule has 0 unspecified atom stereocenters. The molecule has 0 aliphatic carbocycles. The summed E-state index contributed by atoms with van der Waals surface area (Å²) >= 11 is 0. The average molecular weight is 349 g/mol. The van der Waals surface area contributed by atoms with Gasteiger partial charge in [0.25, 0.3) is 0 Å². The lowest BCUT2D eigenvalue weighted by molar-refractivity contribution is 0.174. The number of nitrogens with one attached hydrogen (secondary N) is 1. The Bertz CT molecular complexity index is 848. The summed E-state index contributed by atoms with van der Waals surface area (Å²) in [7, 11) is -2.01. The zero-order chi connectivity index (χ0) is 17.2. The van der Waals surface area contributed by atoms with Crippen molar-refractivity contribution >= 4 is 10.0 Å². The van der Waals surface area contributed by atoms with Crippen LogP contribution in [0.25, 0.3) is 0 Å². The van der Waals surface area contributed by atoms with Crippen molar-refractivity contribution in [1.82, 2.24) is 4.72 Å². The van der Waals surface area contributed by atoms with Gasteiger partial charge in [0, 0.05) is 12.6 Å². The van der Waals surface area contributed by atoms with Crippen molar-refractivity contribution in [2.24, 2.45) is 0 Å². The average Bonchev–Trinajstić information content (AvgIpc) is 3.07. The van der Waals surface area contributed by atoms with Crippen molar-refractivity contribution in [2.75, 3.05) is 13.9 Å². The predicted molar refractivity (Wildman–Crippen MR) is 89.0 cm³/mol. The molecule has 0 amide bonds. The van der Waals surface area contributed by atoms with Crippen LogP contribution in [-0.4, -0.2) is 22.3 Å². The normalized spacial score (nSPS) is 13.1. The Morgan fingerprint density at radius 3 is 2.67 bits per heavy atom. The van der Waals surface area contributed by atoms with Crippen molar-refractivity contribution in [3.8, 4) is 17.2 Å². The number of benzene rings is 2. The van der Waals surface area contributed by atoms with Gasteiger partial charge in [-0.15, -0.1) is 0 Å². The van der Waals surface area contributed by atoms with E-state index >= 15 is 0 Å². The quantitative estimate of drug-likeness (QED) is 0.867. The second kappa shape index (κ2) is 6.70. The molecule has 24 heavy (non-hydrogen) atoms. The number of aryl methyl sites for hydroxylation is 1. The van der Waals surface area contributed by atoms with Crippen LogP contribution in [-0.2, 0) is 23.0 Å². The summed E-state index contributed by atoms with van der Waals surface area (Å²) in [5.74, 6) is 1.80. The van der Waals surface area contributed by atoms with Crippen LogP contribution in [0.15, 0.2) is 41.3 Å².